The molecular weight excluding hydrogens is 461 g/mol. The maximum Gasteiger partial charge on any atom is 0.337 e. The maximum atomic E-state index is 14.2. The number of rotatable bonds is 5. The van der Waals surface area contributed by atoms with Gasteiger partial charge in [-0.15, -0.1) is 10.2 Å². The van der Waals surface area contributed by atoms with Crippen molar-refractivity contribution in [3.63, 3.8) is 0 Å². The number of alkyl halides is 3. The molecule has 8 nitrogen and oxygen atoms in total. The van der Waals surface area contributed by atoms with Gasteiger partial charge in [0.15, 0.2) is 11.8 Å². The molecule has 35 heavy (non-hydrogen) atoms. The third-order valence-corrected chi connectivity index (χ3v) is 6.33. The van der Waals surface area contributed by atoms with Crippen LogP contribution in [-0.2, 0) is 0 Å². The van der Waals surface area contributed by atoms with E-state index in [1.54, 1.807) is 22.6 Å². The topological polar surface area (TPSA) is 95.6 Å². The summed E-state index contributed by atoms with van der Waals surface area (Å²) >= 11 is 0. The largest absolute Gasteiger partial charge is 0.478 e. The molecule has 1 aliphatic rings. The summed E-state index contributed by atoms with van der Waals surface area (Å²) in [7, 11) is 0. The van der Waals surface area contributed by atoms with Crippen molar-refractivity contribution in [1.82, 2.24) is 19.6 Å². The predicted octanol–water partition coefficient (Wildman–Crippen LogP) is 4.64. The van der Waals surface area contributed by atoms with Crippen molar-refractivity contribution in [3.8, 4) is 0 Å². The van der Waals surface area contributed by atoms with E-state index in [-0.39, 0.29) is 24.1 Å². The van der Waals surface area contributed by atoms with Crippen LogP contribution >= 0.6 is 0 Å². The molecule has 0 aliphatic carbocycles. The summed E-state index contributed by atoms with van der Waals surface area (Å²) in [5.41, 5.74) is 3.28. The van der Waals surface area contributed by atoms with E-state index in [9.17, 15) is 23.1 Å². The first-order chi connectivity index (χ1) is 16.7. The zero-order chi connectivity index (χ0) is 24.9. The average Bonchev–Trinajstić information content (AvgIpc) is 3.31. The van der Waals surface area contributed by atoms with Gasteiger partial charge >= 0.3 is 5.97 Å². The second kappa shape index (κ2) is 8.40. The molecular formula is C24H23F3N6O2. The molecule has 0 amide bonds. The average molecular weight is 484 g/mol. The molecule has 1 aliphatic heterocycles. The number of hydrogen-bond donors (Lipinski definition) is 2. The Labute approximate surface area is 198 Å². The number of para-hydroxylation sites is 1. The van der Waals surface area contributed by atoms with Crippen LogP contribution in [0.1, 0.15) is 40.9 Å². The van der Waals surface area contributed by atoms with Gasteiger partial charge in [0, 0.05) is 29.6 Å². The first kappa shape index (κ1) is 22.9. The van der Waals surface area contributed by atoms with Gasteiger partial charge in [0.05, 0.1) is 23.7 Å². The van der Waals surface area contributed by atoms with Gasteiger partial charge in [-0.2, -0.15) is 0 Å². The van der Waals surface area contributed by atoms with Crippen molar-refractivity contribution in [2.75, 3.05) is 23.3 Å². The Hall–Kier alpha value is -3.89. The summed E-state index contributed by atoms with van der Waals surface area (Å²) < 4.78 is 43.4. The number of carbonyl (C=O) groups is 1. The first-order valence-electron chi connectivity index (χ1n) is 11.2. The molecule has 2 aromatic carbocycles. The summed E-state index contributed by atoms with van der Waals surface area (Å²) in [6, 6.07) is 10.0. The summed E-state index contributed by atoms with van der Waals surface area (Å²) in [6.07, 6.45) is -1.50. The SMILES string of the molecule is Cc1cc([C@@H](C)Nc2ccccc2C(=O)O)c2nc(N3CCC(F)(F)C(F)C3)n3cnnc3c2c1. The molecule has 2 aromatic heterocycles. The van der Waals surface area contributed by atoms with E-state index in [0.717, 1.165) is 11.1 Å². The van der Waals surface area contributed by atoms with Gasteiger partial charge in [-0.3, -0.25) is 4.40 Å². The zero-order valence-corrected chi connectivity index (χ0v) is 19.0. The van der Waals surface area contributed by atoms with Crippen LogP contribution < -0.4 is 10.2 Å². The summed E-state index contributed by atoms with van der Waals surface area (Å²) in [4.78, 5) is 17.9. The number of aromatic nitrogens is 4. The fourth-order valence-corrected chi connectivity index (χ4v) is 4.52. The van der Waals surface area contributed by atoms with Crippen molar-refractivity contribution < 1.29 is 23.1 Å². The Balaban J connectivity index is 1.63. The standard InChI is InChI=1S/C24H23F3N6O2/c1-13-9-16(14(2)29-18-6-4-3-5-15(18)22(34)35)20-17(10-13)21-31-28-12-33(21)23(30-20)32-8-7-24(26,27)19(25)11-32/h3-6,9-10,12,14,19,29H,7-8,11H2,1-2H3,(H,34,35)/t14-,19?/m1/s1. The van der Waals surface area contributed by atoms with Crippen molar-refractivity contribution in [3.05, 3.63) is 59.4 Å². The van der Waals surface area contributed by atoms with Crippen LogP contribution in [0, 0.1) is 6.92 Å². The lowest BCUT2D eigenvalue weighted by atomic mass is 10.00. The van der Waals surface area contributed by atoms with Crippen LogP contribution in [0.15, 0.2) is 42.7 Å². The molecule has 2 atom stereocenters. The second-order valence-corrected chi connectivity index (χ2v) is 8.83. The molecule has 1 fully saturated rings. The number of aromatic carboxylic acids is 1. The highest BCUT2D eigenvalue weighted by Crippen LogP contribution is 2.35. The Morgan fingerprint density at radius 2 is 2.06 bits per heavy atom. The molecule has 0 saturated carbocycles. The number of piperidine rings is 1. The minimum absolute atomic E-state index is 0.0693. The van der Waals surface area contributed by atoms with E-state index >= 15 is 0 Å². The molecule has 0 spiro atoms. The summed E-state index contributed by atoms with van der Waals surface area (Å²) in [5.74, 6) is -4.15. The summed E-state index contributed by atoms with van der Waals surface area (Å²) in [5, 5.41) is 21.7. The van der Waals surface area contributed by atoms with Crippen LogP contribution in [0.2, 0.25) is 0 Å². The lowest BCUT2D eigenvalue weighted by Crippen LogP contribution is -2.49. The van der Waals surface area contributed by atoms with Gasteiger partial charge in [-0.25, -0.2) is 22.9 Å². The van der Waals surface area contributed by atoms with Crippen molar-refractivity contribution in [2.45, 2.75) is 38.4 Å². The van der Waals surface area contributed by atoms with Gasteiger partial charge in [-0.05, 0) is 37.6 Å². The van der Waals surface area contributed by atoms with Crippen LogP contribution in [0.4, 0.5) is 24.8 Å². The van der Waals surface area contributed by atoms with E-state index in [2.05, 4.69) is 15.5 Å². The Morgan fingerprint density at radius 3 is 2.80 bits per heavy atom. The van der Waals surface area contributed by atoms with Crippen LogP contribution in [0.5, 0.6) is 0 Å². The second-order valence-electron chi connectivity index (χ2n) is 8.83. The van der Waals surface area contributed by atoms with E-state index in [4.69, 9.17) is 4.98 Å². The van der Waals surface area contributed by atoms with Gasteiger partial charge in [-0.1, -0.05) is 18.2 Å². The van der Waals surface area contributed by atoms with Crippen LogP contribution in [-0.4, -0.2) is 55.8 Å². The van der Waals surface area contributed by atoms with E-state index in [1.807, 2.05) is 26.0 Å². The normalized spacial score (nSPS) is 18.7. The Morgan fingerprint density at radius 1 is 1.29 bits per heavy atom. The molecule has 1 unspecified atom stereocenters. The van der Waals surface area contributed by atoms with Crippen molar-refractivity contribution in [2.24, 2.45) is 0 Å². The number of carboxylic acid groups (broad SMARTS) is 1. The molecule has 0 bridgehead atoms. The molecule has 0 radical (unpaired) electrons. The molecule has 5 rings (SSSR count). The van der Waals surface area contributed by atoms with E-state index in [1.165, 1.54) is 17.3 Å². The lowest BCUT2D eigenvalue weighted by Gasteiger charge is -2.35. The highest BCUT2D eigenvalue weighted by atomic mass is 19.3. The fourth-order valence-electron chi connectivity index (χ4n) is 4.52. The van der Waals surface area contributed by atoms with Crippen LogP contribution in [0.3, 0.4) is 0 Å². The minimum atomic E-state index is -3.38. The summed E-state index contributed by atoms with van der Waals surface area (Å²) in [6.45, 7) is 3.23. The number of carboxylic acids is 1. The van der Waals surface area contributed by atoms with Gasteiger partial charge < -0.3 is 15.3 Å². The van der Waals surface area contributed by atoms with Crippen molar-refractivity contribution in [1.29, 1.82) is 0 Å². The number of nitrogens with one attached hydrogen (secondary N) is 1. The minimum Gasteiger partial charge on any atom is -0.478 e. The lowest BCUT2D eigenvalue weighted by molar-refractivity contribution is -0.0842. The fraction of sp³-hybridized carbons (Fsp3) is 0.333. The number of anilines is 2. The number of halogens is 3. The smallest absolute Gasteiger partial charge is 0.337 e. The number of aryl methyl sites for hydroxylation is 1. The van der Waals surface area contributed by atoms with E-state index < -0.39 is 31.0 Å². The number of fused-ring (bicyclic) bond motifs is 3. The van der Waals surface area contributed by atoms with E-state index in [0.29, 0.717) is 22.2 Å². The molecule has 3 heterocycles. The van der Waals surface area contributed by atoms with Crippen molar-refractivity contribution >= 4 is 34.2 Å². The van der Waals surface area contributed by atoms with Gasteiger partial charge in [0.2, 0.25) is 5.95 Å². The Bertz CT molecular complexity index is 1440. The molecule has 2 N–H and O–H groups in total. The predicted molar refractivity (Wildman–Crippen MR) is 125 cm³/mol. The third-order valence-electron chi connectivity index (χ3n) is 6.33. The van der Waals surface area contributed by atoms with Crippen LogP contribution in [0.25, 0.3) is 16.6 Å². The van der Waals surface area contributed by atoms with Gasteiger partial charge in [0.1, 0.15) is 6.33 Å². The quantitative estimate of drug-likeness (QED) is 0.426. The zero-order valence-electron chi connectivity index (χ0n) is 19.0. The number of nitrogens with zero attached hydrogens (tertiary/aromatic N) is 5. The molecule has 1 saturated heterocycles. The third kappa shape index (κ3) is 4.00. The Kier molecular flexibility index (Phi) is 5.49. The monoisotopic (exact) mass is 484 g/mol. The molecule has 4 aromatic rings. The maximum absolute atomic E-state index is 14.2. The number of benzene rings is 2. The molecule has 182 valence electrons. The van der Waals surface area contributed by atoms with Gasteiger partial charge in [0.25, 0.3) is 5.92 Å². The first-order valence-corrected chi connectivity index (χ1v) is 11.2. The number of hydrogen-bond acceptors (Lipinski definition) is 6. The molecule has 11 heteroatoms. The highest BCUT2D eigenvalue weighted by Gasteiger charge is 2.45. The highest BCUT2D eigenvalue weighted by molar-refractivity contribution is 5.96.